The maximum atomic E-state index is 13.1. The highest BCUT2D eigenvalue weighted by Crippen LogP contribution is 2.26. The van der Waals surface area contributed by atoms with E-state index < -0.39 is 67.3 Å². The summed E-state index contributed by atoms with van der Waals surface area (Å²) < 4.78 is 28.3. The number of carbonyl (C=O) groups is 4. The molecule has 1 saturated heterocycles. The van der Waals surface area contributed by atoms with E-state index in [1.165, 1.54) is 83.5 Å². The van der Waals surface area contributed by atoms with Gasteiger partial charge in [-0.1, -0.05) is 253 Å². The van der Waals surface area contributed by atoms with Crippen LogP contribution < -0.4 is 0 Å². The highest BCUT2D eigenvalue weighted by Gasteiger charge is 2.50. The predicted molar refractivity (Wildman–Crippen MR) is 321 cm³/mol. The molecule has 3 N–H and O–H groups in total. The number of hydrogen-bond acceptors (Lipinski definition) is 11. The molecule has 0 aliphatic carbocycles. The summed E-state index contributed by atoms with van der Waals surface area (Å²) in [6.07, 6.45) is 59.7. The second-order valence-corrected chi connectivity index (χ2v) is 21.0. The van der Waals surface area contributed by atoms with E-state index >= 15 is 0 Å². The van der Waals surface area contributed by atoms with Gasteiger partial charge in [0.05, 0.1) is 13.0 Å². The number of carboxylic acids is 1. The minimum Gasteiger partial charge on any atom is -0.479 e. The summed E-state index contributed by atoms with van der Waals surface area (Å²) in [6, 6.07) is 0. The van der Waals surface area contributed by atoms with E-state index in [-0.39, 0.29) is 25.9 Å². The Bertz CT molecular complexity index is 1740. The number of allylic oxidation sites excluding steroid dienone is 15. The van der Waals surface area contributed by atoms with Crippen molar-refractivity contribution < 1.29 is 58.2 Å². The van der Waals surface area contributed by atoms with Gasteiger partial charge in [-0.05, 0) is 77.0 Å². The Morgan fingerprint density at radius 1 is 0.443 bits per heavy atom. The van der Waals surface area contributed by atoms with Gasteiger partial charge in [0, 0.05) is 12.8 Å². The molecule has 79 heavy (non-hydrogen) atoms. The number of unbranched alkanes of at least 4 members (excludes halogenated alkanes) is 23. The van der Waals surface area contributed by atoms with Crippen LogP contribution in [0.4, 0.5) is 0 Å². The molecular formula is C67H110O12. The molecule has 12 nitrogen and oxygen atoms in total. The van der Waals surface area contributed by atoms with E-state index in [0.717, 1.165) is 109 Å². The van der Waals surface area contributed by atoms with Gasteiger partial charge in [-0.25, -0.2) is 4.79 Å². The molecule has 1 aliphatic rings. The maximum absolute atomic E-state index is 13.1. The van der Waals surface area contributed by atoms with E-state index in [1.54, 1.807) is 6.08 Å². The Morgan fingerprint density at radius 2 is 0.835 bits per heavy atom. The third-order valence-electron chi connectivity index (χ3n) is 13.7. The molecule has 0 aromatic carbocycles. The lowest BCUT2D eigenvalue weighted by Crippen LogP contribution is -2.61. The fourth-order valence-corrected chi connectivity index (χ4v) is 8.99. The normalized spacial score (nSPS) is 18.5. The van der Waals surface area contributed by atoms with Gasteiger partial charge in [0.15, 0.2) is 24.6 Å². The molecule has 1 heterocycles. The lowest BCUT2D eigenvalue weighted by atomic mass is 9.98. The summed E-state index contributed by atoms with van der Waals surface area (Å²) in [4.78, 5) is 51.2. The molecule has 1 fully saturated rings. The van der Waals surface area contributed by atoms with Gasteiger partial charge in [0.25, 0.3) is 0 Å². The number of hydrogen-bond donors (Lipinski definition) is 3. The van der Waals surface area contributed by atoms with Gasteiger partial charge in [-0.3, -0.25) is 14.4 Å². The van der Waals surface area contributed by atoms with Gasteiger partial charge >= 0.3 is 23.9 Å². The molecule has 0 aromatic heterocycles. The van der Waals surface area contributed by atoms with Crippen LogP contribution in [-0.2, 0) is 42.9 Å². The maximum Gasteiger partial charge on any atom is 0.335 e. The van der Waals surface area contributed by atoms with Crippen LogP contribution in [0.15, 0.2) is 97.2 Å². The number of carbonyl (C=O) groups excluding carboxylic acids is 3. The molecular weight excluding hydrogens is 997 g/mol. The zero-order valence-electron chi connectivity index (χ0n) is 49.6. The lowest BCUT2D eigenvalue weighted by molar-refractivity contribution is -0.301. The fourth-order valence-electron chi connectivity index (χ4n) is 8.99. The number of rotatable bonds is 52. The van der Waals surface area contributed by atoms with Crippen LogP contribution in [0.5, 0.6) is 0 Å². The first-order chi connectivity index (χ1) is 38.6. The first-order valence-electron chi connectivity index (χ1n) is 31.2. The van der Waals surface area contributed by atoms with Gasteiger partial charge < -0.3 is 39.0 Å². The molecule has 0 saturated carbocycles. The van der Waals surface area contributed by atoms with E-state index in [9.17, 15) is 34.5 Å². The zero-order valence-corrected chi connectivity index (χ0v) is 49.6. The number of carboxylic acid groups (broad SMARTS) is 1. The summed E-state index contributed by atoms with van der Waals surface area (Å²) in [7, 11) is 0. The SMILES string of the molecule is CC/C=C\C/C=C\C/C=C\C/C=C\C/C=C\CC(=O)OC(COC(=O)CCCCCCCCCCCCCCCCCCC)COC1OC(C(=O)O)C(O)C(O)C1OC(=O)CCCCCCCCC/C=C\C/C=C\C/C=C\CC. The molecule has 450 valence electrons. The molecule has 6 atom stereocenters. The first kappa shape index (κ1) is 72.7. The Kier molecular flexibility index (Phi) is 49.9. The quantitative estimate of drug-likeness (QED) is 0.0228. The number of aliphatic hydroxyl groups is 2. The molecule has 1 aliphatic heterocycles. The minimum absolute atomic E-state index is 0.0357. The van der Waals surface area contributed by atoms with Crippen LogP contribution in [0.25, 0.3) is 0 Å². The average molecular weight is 1110 g/mol. The van der Waals surface area contributed by atoms with Crippen molar-refractivity contribution in [2.45, 2.75) is 289 Å². The molecule has 0 aromatic rings. The van der Waals surface area contributed by atoms with Crippen molar-refractivity contribution in [2.24, 2.45) is 0 Å². The fraction of sp³-hybridized carbons (Fsp3) is 0.701. The predicted octanol–water partition coefficient (Wildman–Crippen LogP) is 16.5. The lowest BCUT2D eigenvalue weighted by Gasteiger charge is -2.40. The zero-order chi connectivity index (χ0) is 57.5. The molecule has 0 radical (unpaired) electrons. The molecule has 1 rings (SSSR count). The number of esters is 3. The first-order valence-corrected chi connectivity index (χ1v) is 31.2. The van der Waals surface area contributed by atoms with Crippen LogP contribution in [0.3, 0.4) is 0 Å². The smallest absolute Gasteiger partial charge is 0.335 e. The van der Waals surface area contributed by atoms with E-state index in [1.807, 2.05) is 12.2 Å². The number of aliphatic hydroxyl groups excluding tert-OH is 2. The van der Waals surface area contributed by atoms with E-state index in [4.69, 9.17) is 23.7 Å². The molecule has 0 spiro atoms. The Balaban J connectivity index is 2.72. The van der Waals surface area contributed by atoms with Crippen LogP contribution in [0.2, 0.25) is 0 Å². The second kappa shape index (κ2) is 54.2. The van der Waals surface area contributed by atoms with Crippen molar-refractivity contribution in [3.63, 3.8) is 0 Å². The summed E-state index contributed by atoms with van der Waals surface area (Å²) in [5, 5.41) is 31.5. The summed E-state index contributed by atoms with van der Waals surface area (Å²) in [5.41, 5.74) is 0. The van der Waals surface area contributed by atoms with Gasteiger partial charge in [-0.15, -0.1) is 0 Å². The third kappa shape index (κ3) is 44.0. The molecule has 0 bridgehead atoms. The largest absolute Gasteiger partial charge is 0.479 e. The number of ether oxygens (including phenoxy) is 5. The topological polar surface area (TPSA) is 175 Å². The monoisotopic (exact) mass is 1110 g/mol. The van der Waals surface area contributed by atoms with Crippen molar-refractivity contribution >= 4 is 23.9 Å². The minimum atomic E-state index is -1.92. The van der Waals surface area contributed by atoms with Crippen molar-refractivity contribution in [3.05, 3.63) is 97.2 Å². The van der Waals surface area contributed by atoms with E-state index in [0.29, 0.717) is 19.3 Å². The second-order valence-electron chi connectivity index (χ2n) is 21.0. The molecule has 6 unspecified atom stereocenters. The highest BCUT2D eigenvalue weighted by molar-refractivity contribution is 5.74. The van der Waals surface area contributed by atoms with Crippen LogP contribution >= 0.6 is 0 Å². The summed E-state index contributed by atoms with van der Waals surface area (Å²) in [5.74, 6) is -3.30. The summed E-state index contributed by atoms with van der Waals surface area (Å²) in [6.45, 7) is 5.70. The van der Waals surface area contributed by atoms with Crippen LogP contribution in [0.1, 0.15) is 252 Å². The Hall–Kier alpha value is -4.36. The number of aliphatic carboxylic acids is 1. The van der Waals surface area contributed by atoms with Gasteiger partial charge in [0.1, 0.15) is 18.8 Å². The average Bonchev–Trinajstić information content (AvgIpc) is 3.46. The molecule has 12 heteroatoms. The van der Waals surface area contributed by atoms with Gasteiger partial charge in [-0.2, -0.15) is 0 Å². The Morgan fingerprint density at radius 3 is 1.28 bits per heavy atom. The van der Waals surface area contributed by atoms with Crippen molar-refractivity contribution in [2.75, 3.05) is 13.2 Å². The molecule has 0 amide bonds. The standard InChI is InChI=1S/C67H110O12/c1-4-7-10-13-16-19-22-25-28-30-33-35-38-41-44-47-50-53-59(68)75-56-58(77-60(69)54-51-48-45-42-39-36-32-27-24-21-18-15-12-9-6-3)57-76-67-65(63(72)62(71)64(79-67)66(73)74)78-61(70)55-52-49-46-43-40-37-34-31-29-26-23-20-17-14-11-8-5-2/h8-9,11-12,17-18,20-21,26-27,29,32,39,42,48,51,58,62-65,67,71-72H,4-7,10,13-16,19,22-25,28,30-31,33-38,40-41,43-47,49-50,52-57H2,1-3H3,(H,73,74)/b11-8-,12-9-,20-17-,21-18-,29-26-,32-27-,42-39-,51-48-. The van der Waals surface area contributed by atoms with Crippen LogP contribution in [0, 0.1) is 0 Å². The summed E-state index contributed by atoms with van der Waals surface area (Å²) >= 11 is 0. The van der Waals surface area contributed by atoms with Gasteiger partial charge in [0.2, 0.25) is 0 Å². The van der Waals surface area contributed by atoms with Crippen molar-refractivity contribution in [1.29, 1.82) is 0 Å². The van der Waals surface area contributed by atoms with Crippen molar-refractivity contribution in [3.8, 4) is 0 Å². The third-order valence-corrected chi connectivity index (χ3v) is 13.7. The van der Waals surface area contributed by atoms with E-state index in [2.05, 4.69) is 99.8 Å². The van der Waals surface area contributed by atoms with Crippen LogP contribution in [-0.4, -0.2) is 89.2 Å². The highest BCUT2D eigenvalue weighted by atomic mass is 16.7. The Labute approximate surface area is 479 Å². The van der Waals surface area contributed by atoms with Crippen molar-refractivity contribution in [1.82, 2.24) is 0 Å².